The zero-order valence-electron chi connectivity index (χ0n) is 8.82. The first-order valence-corrected chi connectivity index (χ1v) is 8.63. The molecule has 3 N–H and O–H groups in total. The zero-order valence-corrected chi connectivity index (χ0v) is 11.3. The second kappa shape index (κ2) is 3.75. The molecule has 0 radical (unpaired) electrons. The number of hydrogen-bond donors (Lipinski definition) is 2. The normalized spacial score (nSPS) is 27.7. The van der Waals surface area contributed by atoms with Crippen LogP contribution in [0.15, 0.2) is 14.5 Å². The second-order valence-corrected chi connectivity index (χ2v) is 9.36. The van der Waals surface area contributed by atoms with E-state index >= 15 is 0 Å². The van der Waals surface area contributed by atoms with Crippen molar-refractivity contribution in [1.29, 1.82) is 0 Å². The third-order valence-corrected chi connectivity index (χ3v) is 8.00. The molecule has 0 amide bonds. The molecular weight excluding hydrogens is 286 g/mol. The molecule has 1 aliphatic heterocycles. The van der Waals surface area contributed by atoms with Gasteiger partial charge >= 0.3 is 0 Å². The predicted molar refractivity (Wildman–Crippen MR) is 61.9 cm³/mol. The number of nitrogens with two attached hydrogens (primary N) is 1. The number of rotatable bonds is 1. The lowest BCUT2D eigenvalue weighted by molar-refractivity contribution is 0.161. The van der Waals surface area contributed by atoms with E-state index in [-0.39, 0.29) is 20.4 Å². The quantitative estimate of drug-likeness (QED) is 0.757. The van der Waals surface area contributed by atoms with Gasteiger partial charge in [0, 0.05) is 5.56 Å². The van der Waals surface area contributed by atoms with Crippen LogP contribution in [0, 0.1) is 0 Å². The van der Waals surface area contributed by atoms with Gasteiger partial charge in [-0.1, -0.05) is 0 Å². The fourth-order valence-electron chi connectivity index (χ4n) is 1.71. The van der Waals surface area contributed by atoms with Crippen molar-refractivity contribution in [1.82, 2.24) is 0 Å². The summed E-state index contributed by atoms with van der Waals surface area (Å²) in [5.41, 5.74) is 0.136. The fourth-order valence-corrected chi connectivity index (χ4v) is 6.11. The number of hydrogen-bond acceptors (Lipinski definition) is 6. The van der Waals surface area contributed by atoms with Gasteiger partial charge in [-0.15, -0.1) is 11.3 Å². The number of primary sulfonamides is 1. The summed E-state index contributed by atoms with van der Waals surface area (Å²) in [6, 6.07) is 1.14. The summed E-state index contributed by atoms with van der Waals surface area (Å²) in [6.07, 6.45) is -0.897. The van der Waals surface area contributed by atoms with Gasteiger partial charge < -0.3 is 5.11 Å². The largest absolute Gasteiger partial charge is 0.388 e. The maximum atomic E-state index is 12.0. The Morgan fingerprint density at radius 2 is 2.12 bits per heavy atom. The standard InChI is InChI=1S/C8H11NO5S3/c1-4-2-6(10)5-3-7(17(9,13)14)15-8(5)16(4,11)12/h3-4,6,10H,2H2,1H3,(H2,9,13,14)/t4-,6-/m0/s1. The van der Waals surface area contributed by atoms with Crippen LogP contribution >= 0.6 is 11.3 Å². The molecule has 0 aliphatic carbocycles. The van der Waals surface area contributed by atoms with E-state index in [1.807, 2.05) is 0 Å². The molecular formula is C8H11NO5S3. The highest BCUT2D eigenvalue weighted by Crippen LogP contribution is 2.42. The van der Waals surface area contributed by atoms with E-state index in [1.54, 1.807) is 0 Å². The molecule has 0 spiro atoms. The Hall–Kier alpha value is -0.480. The van der Waals surface area contributed by atoms with Crippen molar-refractivity contribution in [3.05, 3.63) is 11.6 Å². The Morgan fingerprint density at radius 1 is 1.53 bits per heavy atom. The second-order valence-electron chi connectivity index (χ2n) is 3.96. The molecule has 0 saturated carbocycles. The molecule has 6 nitrogen and oxygen atoms in total. The maximum Gasteiger partial charge on any atom is 0.247 e. The first-order chi connectivity index (χ1) is 7.64. The van der Waals surface area contributed by atoms with E-state index in [2.05, 4.69) is 0 Å². The molecule has 2 atom stereocenters. The average molecular weight is 297 g/mol. The van der Waals surface area contributed by atoms with Crippen LogP contribution in [0.3, 0.4) is 0 Å². The Morgan fingerprint density at radius 3 is 2.65 bits per heavy atom. The Kier molecular flexibility index (Phi) is 2.86. The van der Waals surface area contributed by atoms with Gasteiger partial charge in [0.05, 0.1) is 11.4 Å². The van der Waals surface area contributed by atoms with Crippen LogP contribution < -0.4 is 5.14 Å². The lowest BCUT2D eigenvalue weighted by Gasteiger charge is -2.23. The van der Waals surface area contributed by atoms with Gasteiger partial charge in [0.1, 0.15) is 8.42 Å². The molecule has 0 fully saturated rings. The minimum atomic E-state index is -3.95. The lowest BCUT2D eigenvalue weighted by Crippen LogP contribution is -2.26. The van der Waals surface area contributed by atoms with Gasteiger partial charge in [-0.25, -0.2) is 22.0 Å². The zero-order chi connectivity index (χ0) is 13.0. The van der Waals surface area contributed by atoms with Gasteiger partial charge in [0.2, 0.25) is 10.0 Å². The molecule has 0 aromatic carbocycles. The van der Waals surface area contributed by atoms with Crippen LogP contribution in [-0.2, 0) is 19.9 Å². The monoisotopic (exact) mass is 297 g/mol. The highest BCUT2D eigenvalue weighted by atomic mass is 32.3. The van der Waals surface area contributed by atoms with E-state index in [9.17, 15) is 21.9 Å². The molecule has 0 bridgehead atoms. The maximum absolute atomic E-state index is 12.0. The van der Waals surface area contributed by atoms with Crippen LogP contribution in [-0.4, -0.2) is 27.2 Å². The summed E-state index contributed by atoms with van der Waals surface area (Å²) in [5.74, 6) is 0. The van der Waals surface area contributed by atoms with Gasteiger partial charge in [0.15, 0.2) is 9.84 Å². The molecule has 2 heterocycles. The minimum Gasteiger partial charge on any atom is -0.388 e. The molecule has 0 saturated heterocycles. The Labute approximate surface area is 103 Å². The Balaban J connectivity index is 2.73. The summed E-state index contributed by atoms with van der Waals surface area (Å²) in [5, 5.41) is 14.0. The van der Waals surface area contributed by atoms with Crippen molar-refractivity contribution in [3.8, 4) is 0 Å². The first kappa shape index (κ1) is 13.0. The van der Waals surface area contributed by atoms with Crippen molar-refractivity contribution in [2.45, 2.75) is 33.1 Å². The molecule has 17 heavy (non-hydrogen) atoms. The highest BCUT2D eigenvalue weighted by molar-refractivity contribution is 7.95. The lowest BCUT2D eigenvalue weighted by atomic mass is 10.1. The first-order valence-electron chi connectivity index (χ1n) is 4.72. The van der Waals surface area contributed by atoms with Crippen molar-refractivity contribution in [2.75, 3.05) is 0 Å². The molecule has 1 aromatic rings. The number of fused-ring (bicyclic) bond motifs is 1. The summed E-state index contributed by atoms with van der Waals surface area (Å²) in [7, 11) is -7.50. The van der Waals surface area contributed by atoms with Gasteiger partial charge in [-0.3, -0.25) is 0 Å². The van der Waals surface area contributed by atoms with Crippen LogP contribution in [0.5, 0.6) is 0 Å². The molecule has 1 aromatic heterocycles. The summed E-state index contributed by atoms with van der Waals surface area (Å²) < 4.78 is 45.9. The SMILES string of the molecule is C[C@H]1C[C@H](O)c2cc(S(N)(=O)=O)sc2S1(=O)=O. The van der Waals surface area contributed by atoms with Crippen molar-refractivity contribution in [3.63, 3.8) is 0 Å². The van der Waals surface area contributed by atoms with E-state index in [0.29, 0.717) is 11.3 Å². The molecule has 2 rings (SSSR count). The summed E-state index contributed by atoms with van der Waals surface area (Å²) in [6.45, 7) is 1.48. The molecule has 9 heteroatoms. The van der Waals surface area contributed by atoms with E-state index in [4.69, 9.17) is 5.14 Å². The predicted octanol–water partition coefficient (Wildman–Crippen LogP) is -0.00520. The fraction of sp³-hybridized carbons (Fsp3) is 0.500. The van der Waals surface area contributed by atoms with E-state index in [1.165, 1.54) is 6.92 Å². The van der Waals surface area contributed by atoms with Gasteiger partial charge in [-0.2, -0.15) is 0 Å². The number of aliphatic hydroxyl groups excluding tert-OH is 1. The third-order valence-electron chi connectivity index (χ3n) is 2.69. The van der Waals surface area contributed by atoms with Gasteiger partial charge in [-0.05, 0) is 19.4 Å². The smallest absolute Gasteiger partial charge is 0.247 e. The number of sulfone groups is 1. The van der Waals surface area contributed by atoms with Crippen LogP contribution in [0.25, 0.3) is 0 Å². The molecule has 0 unspecified atom stereocenters. The highest BCUT2D eigenvalue weighted by Gasteiger charge is 2.38. The number of sulfonamides is 1. The summed E-state index contributed by atoms with van der Waals surface area (Å²) >= 11 is 0.596. The van der Waals surface area contributed by atoms with Crippen LogP contribution in [0.2, 0.25) is 0 Å². The van der Waals surface area contributed by atoms with Crippen LogP contribution in [0.1, 0.15) is 25.0 Å². The third kappa shape index (κ3) is 2.02. The summed E-state index contributed by atoms with van der Waals surface area (Å²) in [4.78, 5) is 0. The van der Waals surface area contributed by atoms with Crippen LogP contribution in [0.4, 0.5) is 0 Å². The van der Waals surface area contributed by atoms with Crippen molar-refractivity contribution in [2.24, 2.45) is 5.14 Å². The Bertz CT molecular complexity index is 657. The van der Waals surface area contributed by atoms with E-state index in [0.717, 1.165) is 6.07 Å². The topological polar surface area (TPSA) is 115 Å². The van der Waals surface area contributed by atoms with Crippen molar-refractivity contribution < 1.29 is 21.9 Å². The van der Waals surface area contributed by atoms with E-state index < -0.39 is 31.2 Å². The number of aliphatic hydroxyl groups is 1. The average Bonchev–Trinajstić information content (AvgIpc) is 2.59. The van der Waals surface area contributed by atoms with Gasteiger partial charge in [0.25, 0.3) is 0 Å². The molecule has 96 valence electrons. The minimum absolute atomic E-state index is 0.0656. The van der Waals surface area contributed by atoms with Crippen molar-refractivity contribution >= 4 is 31.2 Å². The molecule has 1 aliphatic rings. The number of thiophene rings is 1.